The van der Waals surface area contributed by atoms with Gasteiger partial charge in [-0.15, -0.1) is 0 Å². The average molecular weight is 423 g/mol. The molecule has 1 saturated heterocycles. The maximum absolute atomic E-state index is 12.8. The molecule has 1 fully saturated rings. The van der Waals surface area contributed by atoms with E-state index in [1.54, 1.807) is 17.0 Å². The number of amides is 1. The van der Waals surface area contributed by atoms with Gasteiger partial charge in [-0.05, 0) is 31.4 Å². The standard InChI is InChI=1S/C19H24F2N6OS/c1-26(2)18-23-15(24-19(25-18)27-10-6-3-7-11-27)12-22-16(28)13-8-4-5-9-14(13)29-17(20)21/h4-5,8-9,17H,3,6-7,10-12H2,1-2H3,(H,22,28). The Bertz CT molecular complexity index is 845. The van der Waals surface area contributed by atoms with Crippen LogP contribution in [0.2, 0.25) is 0 Å². The number of carbonyl (C=O) groups is 1. The average Bonchev–Trinajstić information content (AvgIpc) is 2.72. The summed E-state index contributed by atoms with van der Waals surface area (Å²) < 4.78 is 25.5. The molecule has 10 heteroatoms. The van der Waals surface area contributed by atoms with Crippen LogP contribution >= 0.6 is 11.8 Å². The molecule has 0 atom stereocenters. The van der Waals surface area contributed by atoms with Gasteiger partial charge in [0.25, 0.3) is 11.7 Å². The predicted molar refractivity (Wildman–Crippen MR) is 110 cm³/mol. The Hall–Kier alpha value is -2.49. The molecule has 0 unspecified atom stereocenters. The van der Waals surface area contributed by atoms with Gasteiger partial charge in [-0.1, -0.05) is 23.9 Å². The van der Waals surface area contributed by atoms with Crippen molar-refractivity contribution in [1.82, 2.24) is 20.3 Å². The smallest absolute Gasteiger partial charge is 0.288 e. The number of benzene rings is 1. The molecule has 1 amide bonds. The molecule has 0 saturated carbocycles. The highest BCUT2D eigenvalue weighted by atomic mass is 32.2. The van der Waals surface area contributed by atoms with Gasteiger partial charge in [0.2, 0.25) is 11.9 Å². The van der Waals surface area contributed by atoms with Crippen LogP contribution in [0.4, 0.5) is 20.7 Å². The van der Waals surface area contributed by atoms with E-state index in [9.17, 15) is 13.6 Å². The minimum absolute atomic E-state index is 0.0801. The van der Waals surface area contributed by atoms with E-state index in [4.69, 9.17) is 0 Å². The van der Waals surface area contributed by atoms with Gasteiger partial charge < -0.3 is 15.1 Å². The van der Waals surface area contributed by atoms with Gasteiger partial charge in [0.15, 0.2) is 5.82 Å². The third kappa shape index (κ3) is 5.75. The first-order valence-corrected chi connectivity index (χ1v) is 10.3. The van der Waals surface area contributed by atoms with Crippen LogP contribution < -0.4 is 15.1 Å². The summed E-state index contributed by atoms with van der Waals surface area (Å²) in [4.78, 5) is 30.1. The quantitative estimate of drug-likeness (QED) is 0.687. The molecular formula is C19H24F2N6OS. The van der Waals surface area contributed by atoms with Crippen LogP contribution in [0.25, 0.3) is 0 Å². The van der Waals surface area contributed by atoms with Crippen LogP contribution in [0.3, 0.4) is 0 Å². The van der Waals surface area contributed by atoms with Gasteiger partial charge in [0.1, 0.15) is 0 Å². The molecule has 3 rings (SSSR count). The zero-order valence-electron chi connectivity index (χ0n) is 16.4. The summed E-state index contributed by atoms with van der Waals surface area (Å²) in [5.74, 6) is -1.50. The number of carbonyl (C=O) groups excluding carboxylic acids is 1. The first-order valence-electron chi connectivity index (χ1n) is 9.43. The van der Waals surface area contributed by atoms with Crippen LogP contribution in [0.1, 0.15) is 35.4 Å². The molecule has 0 bridgehead atoms. The van der Waals surface area contributed by atoms with Crippen molar-refractivity contribution in [3.8, 4) is 0 Å². The van der Waals surface area contributed by atoms with Crippen molar-refractivity contribution in [2.75, 3.05) is 37.0 Å². The third-order valence-electron chi connectivity index (χ3n) is 4.45. The van der Waals surface area contributed by atoms with E-state index in [2.05, 4.69) is 25.2 Å². The van der Waals surface area contributed by atoms with Crippen LogP contribution in [-0.2, 0) is 6.54 Å². The fraction of sp³-hybridized carbons (Fsp3) is 0.474. The van der Waals surface area contributed by atoms with Gasteiger partial charge in [-0.2, -0.15) is 23.7 Å². The zero-order valence-corrected chi connectivity index (χ0v) is 17.3. The summed E-state index contributed by atoms with van der Waals surface area (Å²) in [7, 11) is 3.69. The molecule has 1 N–H and O–H groups in total. The topological polar surface area (TPSA) is 74.2 Å². The molecule has 2 aromatic rings. The minimum atomic E-state index is -2.60. The maximum atomic E-state index is 12.8. The van der Waals surface area contributed by atoms with Crippen molar-refractivity contribution in [1.29, 1.82) is 0 Å². The number of anilines is 2. The summed E-state index contributed by atoms with van der Waals surface area (Å²) in [5, 5.41) is 2.74. The van der Waals surface area contributed by atoms with Crippen LogP contribution in [-0.4, -0.2) is 53.8 Å². The number of piperidine rings is 1. The molecule has 0 aliphatic carbocycles. The first kappa shape index (κ1) is 21.2. The van der Waals surface area contributed by atoms with Gasteiger partial charge in [-0.25, -0.2) is 0 Å². The van der Waals surface area contributed by atoms with Crippen molar-refractivity contribution in [2.24, 2.45) is 0 Å². The van der Waals surface area contributed by atoms with Crippen molar-refractivity contribution < 1.29 is 13.6 Å². The number of alkyl halides is 2. The number of hydrogen-bond donors (Lipinski definition) is 1. The highest BCUT2D eigenvalue weighted by Crippen LogP contribution is 2.28. The van der Waals surface area contributed by atoms with Gasteiger partial charge >= 0.3 is 0 Å². The summed E-state index contributed by atoms with van der Waals surface area (Å²) in [5.41, 5.74) is 0.205. The van der Waals surface area contributed by atoms with E-state index in [1.165, 1.54) is 18.6 Å². The second-order valence-corrected chi connectivity index (χ2v) is 7.88. The van der Waals surface area contributed by atoms with Crippen molar-refractivity contribution >= 4 is 29.6 Å². The zero-order chi connectivity index (χ0) is 20.8. The minimum Gasteiger partial charge on any atom is -0.347 e. The maximum Gasteiger partial charge on any atom is 0.288 e. The highest BCUT2D eigenvalue weighted by Gasteiger charge is 2.19. The Morgan fingerprint density at radius 1 is 1.17 bits per heavy atom. The van der Waals surface area contributed by atoms with E-state index in [1.807, 2.05) is 14.1 Å². The molecule has 0 radical (unpaired) electrons. The van der Waals surface area contributed by atoms with E-state index in [0.29, 0.717) is 29.5 Å². The Balaban J connectivity index is 1.76. The fourth-order valence-electron chi connectivity index (χ4n) is 3.02. The number of hydrogen-bond acceptors (Lipinski definition) is 7. The summed E-state index contributed by atoms with van der Waals surface area (Å²) in [6.07, 6.45) is 3.38. The molecule has 0 spiro atoms. The second-order valence-electron chi connectivity index (χ2n) is 6.85. The van der Waals surface area contributed by atoms with Gasteiger partial charge in [0.05, 0.1) is 12.1 Å². The SMILES string of the molecule is CN(C)c1nc(CNC(=O)c2ccccc2SC(F)F)nc(N2CCCCC2)n1. The highest BCUT2D eigenvalue weighted by molar-refractivity contribution is 7.99. The van der Waals surface area contributed by atoms with E-state index >= 15 is 0 Å². The lowest BCUT2D eigenvalue weighted by molar-refractivity contribution is 0.0947. The normalized spacial score (nSPS) is 14.2. The van der Waals surface area contributed by atoms with E-state index in [0.717, 1.165) is 25.9 Å². The second kappa shape index (κ2) is 9.82. The lowest BCUT2D eigenvalue weighted by atomic mass is 10.1. The lowest BCUT2D eigenvalue weighted by Gasteiger charge is -2.27. The van der Waals surface area contributed by atoms with E-state index < -0.39 is 11.7 Å². The lowest BCUT2D eigenvalue weighted by Crippen LogP contribution is -2.33. The van der Waals surface area contributed by atoms with E-state index in [-0.39, 0.29) is 17.0 Å². The van der Waals surface area contributed by atoms with Crippen LogP contribution in [0.15, 0.2) is 29.2 Å². The van der Waals surface area contributed by atoms with Crippen molar-refractivity contribution in [3.63, 3.8) is 0 Å². The fourth-order valence-corrected chi connectivity index (χ4v) is 3.65. The van der Waals surface area contributed by atoms with Crippen LogP contribution in [0, 0.1) is 0 Å². The van der Waals surface area contributed by atoms with Crippen molar-refractivity contribution in [2.45, 2.75) is 36.5 Å². The molecule has 1 aromatic heterocycles. The molecule has 1 aromatic carbocycles. The molecule has 7 nitrogen and oxygen atoms in total. The number of rotatable bonds is 7. The number of halogens is 2. The third-order valence-corrected chi connectivity index (χ3v) is 5.24. The molecular weight excluding hydrogens is 398 g/mol. The molecule has 2 heterocycles. The summed E-state index contributed by atoms with van der Waals surface area (Å²) in [6, 6.07) is 6.30. The molecule has 1 aliphatic heterocycles. The molecule has 1 aliphatic rings. The summed E-state index contributed by atoms with van der Waals surface area (Å²) in [6.45, 7) is 1.86. The van der Waals surface area contributed by atoms with Crippen molar-refractivity contribution in [3.05, 3.63) is 35.7 Å². The van der Waals surface area contributed by atoms with Crippen LogP contribution in [0.5, 0.6) is 0 Å². The van der Waals surface area contributed by atoms with Gasteiger partial charge in [0, 0.05) is 32.1 Å². The largest absolute Gasteiger partial charge is 0.347 e. The number of aromatic nitrogens is 3. The number of nitrogens with one attached hydrogen (secondary N) is 1. The Kier molecular flexibility index (Phi) is 7.18. The molecule has 29 heavy (non-hydrogen) atoms. The monoisotopic (exact) mass is 422 g/mol. The molecule has 156 valence electrons. The Morgan fingerprint density at radius 2 is 1.90 bits per heavy atom. The number of thioether (sulfide) groups is 1. The number of nitrogens with zero attached hydrogens (tertiary/aromatic N) is 5. The Labute approximate surface area is 172 Å². The predicted octanol–water partition coefficient (Wildman–Crippen LogP) is 3.17. The van der Waals surface area contributed by atoms with Gasteiger partial charge in [-0.3, -0.25) is 4.79 Å². The summed E-state index contributed by atoms with van der Waals surface area (Å²) >= 11 is 0.354. The first-order chi connectivity index (χ1) is 13.9. The Morgan fingerprint density at radius 3 is 2.59 bits per heavy atom.